The predicted molar refractivity (Wildman–Crippen MR) is 88.0 cm³/mol. The SMILES string of the molecule is O=C(Nc1ccc(Oc2ccccc2)cc1)c1cc(=O)cc[nH]1. The molecule has 0 saturated carbocycles. The maximum absolute atomic E-state index is 12.0. The molecule has 2 aromatic carbocycles. The Morgan fingerprint density at radius 2 is 1.61 bits per heavy atom. The van der Waals surface area contributed by atoms with Crippen molar-refractivity contribution < 1.29 is 9.53 Å². The minimum Gasteiger partial charge on any atom is -0.457 e. The molecule has 0 spiro atoms. The largest absolute Gasteiger partial charge is 0.457 e. The number of para-hydroxylation sites is 1. The molecule has 1 amide bonds. The first-order chi connectivity index (χ1) is 11.2. The zero-order valence-corrected chi connectivity index (χ0v) is 12.2. The lowest BCUT2D eigenvalue weighted by Crippen LogP contribution is -2.16. The molecule has 3 rings (SSSR count). The van der Waals surface area contributed by atoms with E-state index in [0.717, 1.165) is 5.75 Å². The Balaban J connectivity index is 1.68. The second-order valence-corrected chi connectivity index (χ2v) is 4.83. The number of ether oxygens (including phenoxy) is 1. The second kappa shape index (κ2) is 6.62. The predicted octanol–water partition coefficient (Wildman–Crippen LogP) is 3.42. The van der Waals surface area contributed by atoms with Gasteiger partial charge < -0.3 is 15.0 Å². The summed E-state index contributed by atoms with van der Waals surface area (Å²) in [7, 11) is 0. The van der Waals surface area contributed by atoms with Gasteiger partial charge in [-0.15, -0.1) is 0 Å². The number of aromatic nitrogens is 1. The summed E-state index contributed by atoms with van der Waals surface area (Å²) in [5, 5.41) is 2.71. The zero-order chi connectivity index (χ0) is 16.1. The van der Waals surface area contributed by atoms with Crippen molar-refractivity contribution in [2.24, 2.45) is 0 Å². The normalized spacial score (nSPS) is 10.1. The Morgan fingerprint density at radius 1 is 0.913 bits per heavy atom. The Morgan fingerprint density at radius 3 is 2.30 bits per heavy atom. The lowest BCUT2D eigenvalue weighted by molar-refractivity contribution is 0.102. The van der Waals surface area contributed by atoms with Crippen molar-refractivity contribution in [3.05, 3.63) is 88.8 Å². The third kappa shape index (κ3) is 3.85. The highest BCUT2D eigenvalue weighted by Gasteiger charge is 2.07. The molecule has 5 heteroatoms. The van der Waals surface area contributed by atoms with Gasteiger partial charge in [0, 0.05) is 24.0 Å². The molecule has 0 fully saturated rings. The van der Waals surface area contributed by atoms with E-state index < -0.39 is 0 Å². The van der Waals surface area contributed by atoms with Crippen LogP contribution in [0.25, 0.3) is 0 Å². The number of hydrogen-bond donors (Lipinski definition) is 2. The number of nitrogens with one attached hydrogen (secondary N) is 2. The van der Waals surface area contributed by atoms with Crippen LogP contribution >= 0.6 is 0 Å². The molecule has 0 aliphatic carbocycles. The van der Waals surface area contributed by atoms with Crippen molar-refractivity contribution in [2.45, 2.75) is 0 Å². The lowest BCUT2D eigenvalue weighted by Gasteiger charge is -2.08. The molecule has 0 aliphatic heterocycles. The standard InChI is InChI=1S/C18H14N2O3/c21-14-10-11-19-17(12-14)18(22)20-13-6-8-16(9-7-13)23-15-4-2-1-3-5-15/h1-12H,(H,19,21)(H,20,22). The van der Waals surface area contributed by atoms with Gasteiger partial charge in [0.15, 0.2) is 5.43 Å². The summed E-state index contributed by atoms with van der Waals surface area (Å²) in [5.74, 6) is 1.04. The smallest absolute Gasteiger partial charge is 0.272 e. The molecule has 114 valence electrons. The first kappa shape index (κ1) is 14.6. The van der Waals surface area contributed by atoms with Crippen LogP contribution in [0.2, 0.25) is 0 Å². The van der Waals surface area contributed by atoms with Gasteiger partial charge in [-0.1, -0.05) is 18.2 Å². The van der Waals surface area contributed by atoms with E-state index in [1.807, 2.05) is 30.3 Å². The molecule has 0 aliphatic rings. The number of pyridine rings is 1. The van der Waals surface area contributed by atoms with Crippen LogP contribution in [0.4, 0.5) is 5.69 Å². The van der Waals surface area contributed by atoms with E-state index in [2.05, 4.69) is 10.3 Å². The summed E-state index contributed by atoms with van der Waals surface area (Å²) in [4.78, 5) is 26.0. The fraction of sp³-hybridized carbons (Fsp3) is 0. The van der Waals surface area contributed by atoms with Gasteiger partial charge in [-0.3, -0.25) is 9.59 Å². The van der Waals surface area contributed by atoms with Gasteiger partial charge in [0.2, 0.25) is 0 Å². The van der Waals surface area contributed by atoms with E-state index in [1.165, 1.54) is 18.3 Å². The van der Waals surface area contributed by atoms with Gasteiger partial charge in [0.05, 0.1) is 0 Å². The van der Waals surface area contributed by atoms with Gasteiger partial charge in [0.25, 0.3) is 5.91 Å². The van der Waals surface area contributed by atoms with Gasteiger partial charge >= 0.3 is 0 Å². The molecule has 0 bridgehead atoms. The molecule has 1 aromatic heterocycles. The average molecular weight is 306 g/mol. The van der Waals surface area contributed by atoms with E-state index in [-0.39, 0.29) is 17.0 Å². The highest BCUT2D eigenvalue weighted by atomic mass is 16.5. The topological polar surface area (TPSA) is 71.2 Å². The second-order valence-electron chi connectivity index (χ2n) is 4.83. The van der Waals surface area contributed by atoms with Crippen molar-refractivity contribution in [3.63, 3.8) is 0 Å². The van der Waals surface area contributed by atoms with E-state index >= 15 is 0 Å². The minimum atomic E-state index is -0.376. The molecule has 0 radical (unpaired) electrons. The molecule has 0 saturated heterocycles. The lowest BCUT2D eigenvalue weighted by atomic mass is 10.2. The van der Waals surface area contributed by atoms with Crippen LogP contribution in [-0.2, 0) is 0 Å². The van der Waals surface area contributed by atoms with E-state index in [1.54, 1.807) is 24.3 Å². The van der Waals surface area contributed by atoms with Crippen molar-refractivity contribution in [3.8, 4) is 11.5 Å². The van der Waals surface area contributed by atoms with Crippen molar-refractivity contribution in [1.82, 2.24) is 4.98 Å². The Bertz CT molecular complexity index is 855. The number of carbonyl (C=O) groups excluding carboxylic acids is 1. The molecule has 0 unspecified atom stereocenters. The van der Waals surface area contributed by atoms with Crippen molar-refractivity contribution in [1.29, 1.82) is 0 Å². The van der Waals surface area contributed by atoms with Crippen LogP contribution in [0.1, 0.15) is 10.5 Å². The molecule has 2 N–H and O–H groups in total. The molecule has 23 heavy (non-hydrogen) atoms. The van der Waals surface area contributed by atoms with Gasteiger partial charge in [0.1, 0.15) is 17.2 Å². The highest BCUT2D eigenvalue weighted by molar-refractivity contribution is 6.02. The number of rotatable bonds is 4. The molecule has 3 aromatic rings. The van der Waals surface area contributed by atoms with E-state index in [0.29, 0.717) is 11.4 Å². The van der Waals surface area contributed by atoms with Crippen LogP contribution < -0.4 is 15.5 Å². The summed E-state index contributed by atoms with van der Waals surface area (Å²) >= 11 is 0. The summed E-state index contributed by atoms with van der Waals surface area (Å²) in [6, 6.07) is 19.0. The number of aromatic amines is 1. The van der Waals surface area contributed by atoms with E-state index in [9.17, 15) is 9.59 Å². The van der Waals surface area contributed by atoms with Crippen molar-refractivity contribution in [2.75, 3.05) is 5.32 Å². The van der Waals surface area contributed by atoms with Crippen LogP contribution in [0.5, 0.6) is 11.5 Å². The average Bonchev–Trinajstić information content (AvgIpc) is 2.57. The number of H-pyrrole nitrogens is 1. The van der Waals surface area contributed by atoms with Crippen LogP contribution in [0.3, 0.4) is 0 Å². The van der Waals surface area contributed by atoms with Crippen LogP contribution in [0, 0.1) is 0 Å². The van der Waals surface area contributed by atoms with Gasteiger partial charge in [-0.2, -0.15) is 0 Å². The third-order valence-corrected chi connectivity index (χ3v) is 3.11. The van der Waals surface area contributed by atoms with Crippen LogP contribution in [-0.4, -0.2) is 10.9 Å². The molecule has 5 nitrogen and oxygen atoms in total. The minimum absolute atomic E-state index is 0.210. The fourth-order valence-electron chi connectivity index (χ4n) is 2.01. The number of benzene rings is 2. The van der Waals surface area contributed by atoms with Gasteiger partial charge in [-0.25, -0.2) is 0 Å². The maximum Gasteiger partial charge on any atom is 0.272 e. The number of amides is 1. The Labute approximate surface area is 132 Å². The molecule has 1 heterocycles. The first-order valence-electron chi connectivity index (χ1n) is 7.04. The summed E-state index contributed by atoms with van der Waals surface area (Å²) < 4.78 is 5.68. The Hall–Kier alpha value is -3.34. The summed E-state index contributed by atoms with van der Waals surface area (Å²) in [6.45, 7) is 0. The molecular weight excluding hydrogens is 292 g/mol. The fourth-order valence-corrected chi connectivity index (χ4v) is 2.01. The van der Waals surface area contributed by atoms with Crippen LogP contribution in [0.15, 0.2) is 77.7 Å². The number of hydrogen-bond acceptors (Lipinski definition) is 3. The zero-order valence-electron chi connectivity index (χ0n) is 12.2. The Kier molecular flexibility index (Phi) is 4.20. The van der Waals surface area contributed by atoms with E-state index in [4.69, 9.17) is 4.74 Å². The highest BCUT2D eigenvalue weighted by Crippen LogP contribution is 2.22. The molecule has 0 atom stereocenters. The summed E-state index contributed by atoms with van der Waals surface area (Å²) in [5.41, 5.74) is 0.600. The quantitative estimate of drug-likeness (QED) is 0.776. The maximum atomic E-state index is 12.0. The monoisotopic (exact) mass is 306 g/mol. The third-order valence-electron chi connectivity index (χ3n) is 3.11. The van der Waals surface area contributed by atoms with Crippen molar-refractivity contribution >= 4 is 11.6 Å². The summed E-state index contributed by atoms with van der Waals surface area (Å²) in [6.07, 6.45) is 1.44. The molecular formula is C18H14N2O3. The number of anilines is 1. The first-order valence-corrected chi connectivity index (χ1v) is 7.04. The van der Waals surface area contributed by atoms with Gasteiger partial charge in [-0.05, 0) is 36.4 Å². The number of carbonyl (C=O) groups is 1.